The van der Waals surface area contributed by atoms with E-state index in [-0.39, 0.29) is 16.7 Å². The number of thioether (sulfide) groups is 1. The van der Waals surface area contributed by atoms with Crippen LogP contribution in [0.5, 0.6) is 5.75 Å². The van der Waals surface area contributed by atoms with Crippen LogP contribution in [0.25, 0.3) is 10.2 Å². The molecule has 1 aromatic carbocycles. The molecule has 0 saturated heterocycles. The molecule has 2 heterocycles. The summed E-state index contributed by atoms with van der Waals surface area (Å²) in [5.74, 6) is 1.95. The molecule has 0 spiro atoms. The third-order valence-corrected chi connectivity index (χ3v) is 7.18. The zero-order valence-electron chi connectivity index (χ0n) is 17.9. The summed E-state index contributed by atoms with van der Waals surface area (Å²) in [5, 5.41) is 0.427. The summed E-state index contributed by atoms with van der Waals surface area (Å²) in [7, 11) is 1.80. The number of carbonyl (C=O) groups is 1. The van der Waals surface area contributed by atoms with Crippen molar-refractivity contribution in [2.75, 3.05) is 13.7 Å². The van der Waals surface area contributed by atoms with Gasteiger partial charge in [0.25, 0.3) is 5.56 Å². The number of rotatable bonds is 8. The number of aromatic amines is 1. The van der Waals surface area contributed by atoms with Crippen molar-refractivity contribution in [1.82, 2.24) is 14.9 Å². The Kier molecular flexibility index (Phi) is 7.20. The molecule has 1 atom stereocenters. The van der Waals surface area contributed by atoms with Gasteiger partial charge in [0.2, 0.25) is 5.91 Å². The molecule has 6 nitrogen and oxygen atoms in total. The number of benzene rings is 1. The fourth-order valence-electron chi connectivity index (χ4n) is 3.16. The van der Waals surface area contributed by atoms with Gasteiger partial charge in [0, 0.05) is 18.5 Å². The van der Waals surface area contributed by atoms with E-state index in [2.05, 4.69) is 9.97 Å². The molecule has 0 aliphatic heterocycles. The summed E-state index contributed by atoms with van der Waals surface area (Å²) in [6.45, 7) is 8.94. The van der Waals surface area contributed by atoms with Crippen LogP contribution in [0, 0.1) is 13.8 Å². The van der Waals surface area contributed by atoms with Crippen molar-refractivity contribution in [2.24, 2.45) is 0 Å². The average Bonchev–Trinajstić information content (AvgIpc) is 3.01. The molecule has 30 heavy (non-hydrogen) atoms. The van der Waals surface area contributed by atoms with Crippen molar-refractivity contribution in [3.05, 3.63) is 56.4 Å². The summed E-state index contributed by atoms with van der Waals surface area (Å²) in [6.07, 6.45) is 0. The van der Waals surface area contributed by atoms with E-state index in [1.165, 1.54) is 23.1 Å². The predicted octanol–water partition coefficient (Wildman–Crippen LogP) is 4.28. The predicted molar refractivity (Wildman–Crippen MR) is 125 cm³/mol. The molecule has 0 fully saturated rings. The second kappa shape index (κ2) is 9.66. The molecule has 0 saturated carbocycles. The second-order valence-corrected chi connectivity index (χ2v) is 9.73. The number of ether oxygens (including phenoxy) is 1. The summed E-state index contributed by atoms with van der Waals surface area (Å²) < 4.78 is 5.45. The molecule has 3 aromatic rings. The molecule has 160 valence electrons. The van der Waals surface area contributed by atoms with Crippen LogP contribution in [0.2, 0.25) is 0 Å². The minimum atomic E-state index is -0.245. The number of hydrogen-bond donors (Lipinski definition) is 1. The van der Waals surface area contributed by atoms with Gasteiger partial charge in [-0.25, -0.2) is 4.98 Å². The number of H-pyrrole nitrogens is 1. The van der Waals surface area contributed by atoms with E-state index < -0.39 is 0 Å². The maximum atomic E-state index is 12.8. The first-order chi connectivity index (χ1) is 14.3. The molecule has 1 unspecified atom stereocenters. The van der Waals surface area contributed by atoms with Crippen LogP contribution in [0.15, 0.2) is 29.1 Å². The average molecular weight is 446 g/mol. The number of fused-ring (bicyclic) bond motifs is 1. The number of aromatic nitrogens is 2. The number of hydrogen-bond acceptors (Lipinski definition) is 6. The fourth-order valence-corrected chi connectivity index (χ4v) is 5.08. The third-order valence-electron chi connectivity index (χ3n) is 4.94. The minimum absolute atomic E-state index is 0.0418. The van der Waals surface area contributed by atoms with E-state index in [0.717, 1.165) is 26.6 Å². The van der Waals surface area contributed by atoms with Crippen LogP contribution in [-0.4, -0.2) is 39.7 Å². The van der Waals surface area contributed by atoms with Gasteiger partial charge in [0.05, 0.1) is 23.0 Å². The van der Waals surface area contributed by atoms with Gasteiger partial charge in [-0.2, -0.15) is 0 Å². The minimum Gasteiger partial charge on any atom is -0.494 e. The molecule has 0 radical (unpaired) electrons. The van der Waals surface area contributed by atoms with Crippen molar-refractivity contribution in [3.8, 4) is 5.75 Å². The standard InChI is InChI=1S/C22H27N3O3S2/c1-6-28-17-9-7-16(8-10-17)11-25(5)22(27)15(4)29-12-18-23-20(26)19-13(2)14(3)30-21(19)24-18/h7-10,15H,6,11-12H2,1-5H3,(H,23,24,26). The van der Waals surface area contributed by atoms with Crippen LogP contribution >= 0.6 is 23.1 Å². The van der Waals surface area contributed by atoms with Crippen LogP contribution < -0.4 is 10.3 Å². The Bertz CT molecular complexity index is 1090. The highest BCUT2D eigenvalue weighted by molar-refractivity contribution is 7.99. The van der Waals surface area contributed by atoms with Crippen LogP contribution in [0.1, 0.15) is 35.7 Å². The van der Waals surface area contributed by atoms with Gasteiger partial charge in [-0.15, -0.1) is 23.1 Å². The third kappa shape index (κ3) is 5.05. The van der Waals surface area contributed by atoms with E-state index in [9.17, 15) is 9.59 Å². The topological polar surface area (TPSA) is 75.3 Å². The lowest BCUT2D eigenvalue weighted by Crippen LogP contribution is -2.33. The lowest BCUT2D eigenvalue weighted by Gasteiger charge is -2.21. The van der Waals surface area contributed by atoms with Crippen molar-refractivity contribution < 1.29 is 9.53 Å². The lowest BCUT2D eigenvalue weighted by atomic mass is 10.2. The molecule has 3 rings (SSSR count). The van der Waals surface area contributed by atoms with Gasteiger partial charge in [0.15, 0.2) is 0 Å². The van der Waals surface area contributed by atoms with Crippen molar-refractivity contribution in [1.29, 1.82) is 0 Å². The molecule has 8 heteroatoms. The number of thiophene rings is 1. The molecule has 0 aliphatic carbocycles. The van der Waals surface area contributed by atoms with Crippen molar-refractivity contribution >= 4 is 39.2 Å². The zero-order valence-corrected chi connectivity index (χ0v) is 19.6. The van der Waals surface area contributed by atoms with Crippen molar-refractivity contribution in [2.45, 2.75) is 45.2 Å². The van der Waals surface area contributed by atoms with Gasteiger partial charge in [-0.1, -0.05) is 12.1 Å². The van der Waals surface area contributed by atoms with Crippen LogP contribution in [0.3, 0.4) is 0 Å². The number of nitrogens with one attached hydrogen (secondary N) is 1. The molecule has 1 N–H and O–H groups in total. The highest BCUT2D eigenvalue weighted by atomic mass is 32.2. The summed E-state index contributed by atoms with van der Waals surface area (Å²) in [4.78, 5) is 36.2. The number of aryl methyl sites for hydroxylation is 2. The van der Waals surface area contributed by atoms with Gasteiger partial charge in [-0.05, 0) is 51.0 Å². The summed E-state index contributed by atoms with van der Waals surface area (Å²) in [5.41, 5.74) is 1.93. The molecule has 1 amide bonds. The quantitative estimate of drug-likeness (QED) is 0.560. The summed E-state index contributed by atoms with van der Waals surface area (Å²) >= 11 is 3.01. The molecule has 0 aliphatic rings. The van der Waals surface area contributed by atoms with Gasteiger partial charge in [0.1, 0.15) is 16.4 Å². The number of carbonyl (C=O) groups excluding carboxylic acids is 1. The highest BCUT2D eigenvalue weighted by Gasteiger charge is 2.19. The van der Waals surface area contributed by atoms with E-state index in [1.807, 2.05) is 52.0 Å². The first-order valence-corrected chi connectivity index (χ1v) is 11.7. The van der Waals surface area contributed by atoms with Crippen LogP contribution in [-0.2, 0) is 17.1 Å². The Hall–Kier alpha value is -2.32. The fraction of sp³-hybridized carbons (Fsp3) is 0.409. The van der Waals surface area contributed by atoms with Gasteiger partial charge in [-0.3, -0.25) is 9.59 Å². The van der Waals surface area contributed by atoms with E-state index in [1.54, 1.807) is 11.9 Å². The lowest BCUT2D eigenvalue weighted by molar-refractivity contribution is -0.129. The maximum Gasteiger partial charge on any atom is 0.259 e. The monoisotopic (exact) mass is 445 g/mol. The smallest absolute Gasteiger partial charge is 0.259 e. The van der Waals surface area contributed by atoms with Crippen molar-refractivity contribution in [3.63, 3.8) is 0 Å². The molecular weight excluding hydrogens is 418 g/mol. The zero-order chi connectivity index (χ0) is 21.8. The van der Waals surface area contributed by atoms with Crippen LogP contribution in [0.4, 0.5) is 0 Å². The number of nitrogens with zero attached hydrogens (tertiary/aromatic N) is 2. The Morgan fingerprint density at radius 1 is 1.30 bits per heavy atom. The Labute approximate surface area is 184 Å². The second-order valence-electron chi connectivity index (χ2n) is 7.20. The Morgan fingerprint density at radius 2 is 2.00 bits per heavy atom. The molecular formula is C22H27N3O3S2. The maximum absolute atomic E-state index is 12.8. The number of amides is 1. The Morgan fingerprint density at radius 3 is 2.67 bits per heavy atom. The normalized spacial score (nSPS) is 12.2. The first kappa shape index (κ1) is 22.4. The molecule has 0 bridgehead atoms. The first-order valence-electron chi connectivity index (χ1n) is 9.87. The largest absolute Gasteiger partial charge is 0.494 e. The highest BCUT2D eigenvalue weighted by Crippen LogP contribution is 2.26. The van der Waals surface area contributed by atoms with Gasteiger partial charge < -0.3 is 14.6 Å². The Balaban J connectivity index is 1.60. The van der Waals surface area contributed by atoms with E-state index in [4.69, 9.17) is 4.74 Å². The summed E-state index contributed by atoms with van der Waals surface area (Å²) in [6, 6.07) is 7.78. The molecule has 2 aromatic heterocycles. The SMILES string of the molecule is CCOc1ccc(CN(C)C(=O)C(C)SCc2nc3sc(C)c(C)c3c(=O)[nH]2)cc1. The van der Waals surface area contributed by atoms with E-state index >= 15 is 0 Å². The van der Waals surface area contributed by atoms with E-state index in [0.29, 0.717) is 30.1 Å². The van der Waals surface area contributed by atoms with Gasteiger partial charge >= 0.3 is 0 Å².